The maximum absolute atomic E-state index is 4.58. The van der Waals surface area contributed by atoms with E-state index in [1.54, 1.807) is 0 Å². The molecule has 0 amide bonds. The van der Waals surface area contributed by atoms with Crippen molar-refractivity contribution in [1.82, 2.24) is 9.91 Å². The van der Waals surface area contributed by atoms with Crippen LogP contribution in [0.4, 0.5) is 0 Å². The Morgan fingerprint density at radius 1 is 1.29 bits per heavy atom. The molecule has 1 aliphatic heterocycles. The third-order valence-corrected chi connectivity index (χ3v) is 3.15. The van der Waals surface area contributed by atoms with E-state index in [4.69, 9.17) is 0 Å². The summed E-state index contributed by atoms with van der Waals surface area (Å²) in [6.07, 6.45) is 6.09. The van der Waals surface area contributed by atoms with Gasteiger partial charge in [0.05, 0.1) is 0 Å². The topological polar surface area (TPSA) is 18.8 Å². The van der Waals surface area contributed by atoms with Gasteiger partial charge in [0.2, 0.25) is 0 Å². The molecular formula is C14H29N3. The standard InChI is InChI=1S/C14H29N3/c1-7-8-9-17-13(10-14(4,5)6)16(11-15-17)12(2)3/h11-13H,7-10H2,1-6H3. The van der Waals surface area contributed by atoms with Crippen LogP contribution in [-0.2, 0) is 0 Å². The maximum Gasteiger partial charge on any atom is 0.119 e. The molecule has 0 aromatic heterocycles. The Morgan fingerprint density at radius 3 is 2.41 bits per heavy atom. The quantitative estimate of drug-likeness (QED) is 0.731. The fourth-order valence-corrected chi connectivity index (χ4v) is 2.20. The van der Waals surface area contributed by atoms with Crippen molar-refractivity contribution in [3.05, 3.63) is 0 Å². The molecule has 0 fully saturated rings. The van der Waals surface area contributed by atoms with Gasteiger partial charge in [-0.1, -0.05) is 34.1 Å². The van der Waals surface area contributed by atoms with Crippen LogP contribution in [0.5, 0.6) is 0 Å². The van der Waals surface area contributed by atoms with Crippen molar-refractivity contribution in [1.29, 1.82) is 0 Å². The average Bonchev–Trinajstić information content (AvgIpc) is 2.55. The molecule has 0 radical (unpaired) electrons. The van der Waals surface area contributed by atoms with Crippen LogP contribution in [0.15, 0.2) is 5.10 Å². The van der Waals surface area contributed by atoms with Crippen LogP contribution in [-0.4, -0.2) is 35.0 Å². The SMILES string of the molecule is CCCCN1N=CN(C(C)C)C1CC(C)(C)C. The van der Waals surface area contributed by atoms with Crippen LogP contribution in [0, 0.1) is 5.41 Å². The molecule has 0 aliphatic carbocycles. The number of unbranched alkanes of at least 4 members (excludes halogenated alkanes) is 1. The molecule has 3 heteroatoms. The van der Waals surface area contributed by atoms with Gasteiger partial charge in [0, 0.05) is 12.6 Å². The summed E-state index contributed by atoms with van der Waals surface area (Å²) in [5, 5.41) is 6.85. The van der Waals surface area contributed by atoms with Gasteiger partial charge in [0.1, 0.15) is 12.5 Å². The number of nitrogens with zero attached hydrogens (tertiary/aromatic N) is 3. The summed E-state index contributed by atoms with van der Waals surface area (Å²) in [6, 6.07) is 0.526. The maximum atomic E-state index is 4.58. The van der Waals surface area contributed by atoms with E-state index in [9.17, 15) is 0 Å². The molecule has 0 aromatic rings. The van der Waals surface area contributed by atoms with Gasteiger partial charge in [-0.2, -0.15) is 5.10 Å². The van der Waals surface area contributed by atoms with Gasteiger partial charge in [0.15, 0.2) is 0 Å². The smallest absolute Gasteiger partial charge is 0.119 e. The van der Waals surface area contributed by atoms with Gasteiger partial charge in [-0.3, -0.25) is 5.01 Å². The molecule has 1 unspecified atom stereocenters. The highest BCUT2D eigenvalue weighted by molar-refractivity contribution is 5.57. The highest BCUT2D eigenvalue weighted by Crippen LogP contribution is 2.28. The molecule has 0 N–H and O–H groups in total. The lowest BCUT2D eigenvalue weighted by atomic mass is 9.90. The Labute approximate surface area is 107 Å². The van der Waals surface area contributed by atoms with Crippen molar-refractivity contribution in [2.24, 2.45) is 10.5 Å². The van der Waals surface area contributed by atoms with E-state index in [1.807, 2.05) is 6.34 Å². The van der Waals surface area contributed by atoms with Crippen LogP contribution in [0.2, 0.25) is 0 Å². The zero-order valence-corrected chi connectivity index (χ0v) is 12.4. The van der Waals surface area contributed by atoms with E-state index in [0.29, 0.717) is 17.6 Å². The molecule has 0 spiro atoms. The minimum absolute atomic E-state index is 0.343. The van der Waals surface area contributed by atoms with Crippen LogP contribution in [0.3, 0.4) is 0 Å². The van der Waals surface area contributed by atoms with Gasteiger partial charge in [0.25, 0.3) is 0 Å². The third-order valence-electron chi connectivity index (χ3n) is 3.15. The zero-order valence-electron chi connectivity index (χ0n) is 12.4. The normalized spacial score (nSPS) is 20.8. The number of hydrazone groups is 1. The summed E-state index contributed by atoms with van der Waals surface area (Å²) in [4.78, 5) is 2.39. The number of hydrogen-bond acceptors (Lipinski definition) is 3. The summed E-state index contributed by atoms with van der Waals surface area (Å²) in [7, 11) is 0. The molecule has 1 atom stereocenters. The molecule has 1 heterocycles. The van der Waals surface area contributed by atoms with Crippen LogP contribution < -0.4 is 0 Å². The fourth-order valence-electron chi connectivity index (χ4n) is 2.20. The molecule has 0 bridgehead atoms. The lowest BCUT2D eigenvalue weighted by molar-refractivity contribution is 0.0729. The summed E-state index contributed by atoms with van der Waals surface area (Å²) in [6.45, 7) is 14.7. The predicted octanol–water partition coefficient (Wildman–Crippen LogP) is 3.52. The Hall–Kier alpha value is -0.730. The van der Waals surface area contributed by atoms with E-state index in [2.05, 4.69) is 56.6 Å². The van der Waals surface area contributed by atoms with Crippen molar-refractivity contribution in [3.63, 3.8) is 0 Å². The van der Waals surface area contributed by atoms with Gasteiger partial charge in [-0.25, -0.2) is 0 Å². The fraction of sp³-hybridized carbons (Fsp3) is 0.929. The molecule has 100 valence electrons. The van der Waals surface area contributed by atoms with E-state index in [1.165, 1.54) is 12.8 Å². The minimum atomic E-state index is 0.343. The van der Waals surface area contributed by atoms with E-state index >= 15 is 0 Å². The molecule has 0 saturated carbocycles. The highest BCUT2D eigenvalue weighted by atomic mass is 15.6. The predicted molar refractivity (Wildman–Crippen MR) is 74.9 cm³/mol. The van der Waals surface area contributed by atoms with Crippen molar-refractivity contribution in [2.45, 2.75) is 73.0 Å². The Morgan fingerprint density at radius 2 is 1.94 bits per heavy atom. The van der Waals surface area contributed by atoms with Crippen molar-refractivity contribution < 1.29 is 0 Å². The molecule has 1 rings (SSSR count). The largest absolute Gasteiger partial charge is 0.337 e. The van der Waals surface area contributed by atoms with Gasteiger partial charge < -0.3 is 4.90 Å². The van der Waals surface area contributed by atoms with E-state index in [0.717, 1.165) is 13.0 Å². The second kappa shape index (κ2) is 5.74. The first-order chi connectivity index (χ1) is 7.85. The van der Waals surface area contributed by atoms with Crippen LogP contribution >= 0.6 is 0 Å². The summed E-state index contributed by atoms with van der Waals surface area (Å²) in [5.74, 6) is 0. The van der Waals surface area contributed by atoms with Gasteiger partial charge in [-0.15, -0.1) is 0 Å². The third kappa shape index (κ3) is 4.21. The first-order valence-corrected chi connectivity index (χ1v) is 6.93. The van der Waals surface area contributed by atoms with E-state index in [-0.39, 0.29) is 0 Å². The Balaban J connectivity index is 2.68. The average molecular weight is 239 g/mol. The first kappa shape index (κ1) is 14.3. The summed E-state index contributed by atoms with van der Waals surface area (Å²) < 4.78 is 0. The lowest BCUT2D eigenvalue weighted by Gasteiger charge is -2.37. The summed E-state index contributed by atoms with van der Waals surface area (Å²) >= 11 is 0. The second-order valence-electron chi connectivity index (χ2n) is 6.53. The van der Waals surface area contributed by atoms with E-state index < -0.39 is 0 Å². The zero-order chi connectivity index (χ0) is 13.1. The van der Waals surface area contributed by atoms with Crippen molar-refractivity contribution >= 4 is 6.34 Å². The van der Waals surface area contributed by atoms with Crippen LogP contribution in [0.25, 0.3) is 0 Å². The lowest BCUT2D eigenvalue weighted by Crippen LogP contribution is -2.45. The van der Waals surface area contributed by atoms with Gasteiger partial charge in [-0.05, 0) is 32.1 Å². The van der Waals surface area contributed by atoms with Crippen LogP contribution in [0.1, 0.15) is 60.8 Å². The molecular weight excluding hydrogens is 210 g/mol. The first-order valence-electron chi connectivity index (χ1n) is 6.93. The number of rotatable bonds is 5. The van der Waals surface area contributed by atoms with Gasteiger partial charge >= 0.3 is 0 Å². The minimum Gasteiger partial charge on any atom is -0.337 e. The molecule has 17 heavy (non-hydrogen) atoms. The molecule has 1 aliphatic rings. The second-order valence-corrected chi connectivity index (χ2v) is 6.53. The Bertz CT molecular complexity index is 253. The monoisotopic (exact) mass is 239 g/mol. The highest BCUT2D eigenvalue weighted by Gasteiger charge is 2.32. The molecule has 3 nitrogen and oxygen atoms in total. The summed E-state index contributed by atoms with van der Waals surface area (Å²) in [5.41, 5.74) is 0.343. The number of hydrogen-bond donors (Lipinski definition) is 0. The van der Waals surface area contributed by atoms with Crippen molar-refractivity contribution in [3.8, 4) is 0 Å². The molecule has 0 saturated heterocycles. The van der Waals surface area contributed by atoms with Crippen molar-refractivity contribution in [2.75, 3.05) is 6.54 Å². The molecule has 0 aromatic carbocycles. The Kier molecular flexibility index (Phi) is 4.84.